The van der Waals surface area contributed by atoms with Crippen molar-refractivity contribution in [2.45, 2.75) is 6.92 Å². The van der Waals surface area contributed by atoms with Gasteiger partial charge in [-0.25, -0.2) is 10.4 Å². The highest BCUT2D eigenvalue weighted by Gasteiger charge is 2.09. The van der Waals surface area contributed by atoms with Crippen LogP contribution in [-0.4, -0.2) is 24.2 Å². The molecule has 0 fully saturated rings. The number of nitrogens with zero attached hydrogens (tertiary/aromatic N) is 2. The molecule has 0 bridgehead atoms. The Morgan fingerprint density at radius 1 is 1.19 bits per heavy atom. The maximum absolute atomic E-state index is 12.1. The number of hydrogen-bond acceptors (Lipinski definition) is 6. The van der Waals surface area contributed by atoms with Gasteiger partial charge in [0.25, 0.3) is 5.91 Å². The zero-order chi connectivity index (χ0) is 19.2. The molecule has 1 heterocycles. The third kappa shape index (κ3) is 5.06. The van der Waals surface area contributed by atoms with Gasteiger partial charge in [-0.05, 0) is 43.3 Å². The zero-order valence-electron chi connectivity index (χ0n) is 14.7. The molecular weight excluding hydrogens is 384 g/mol. The van der Waals surface area contributed by atoms with Gasteiger partial charge in [0.2, 0.25) is 0 Å². The van der Waals surface area contributed by atoms with Crippen LogP contribution in [0.2, 0.25) is 5.15 Å². The highest BCUT2D eigenvalue weighted by molar-refractivity contribution is 7.17. The molecule has 6 nitrogen and oxygen atoms in total. The average Bonchev–Trinajstić information content (AvgIpc) is 3.02. The van der Waals surface area contributed by atoms with Gasteiger partial charge in [-0.2, -0.15) is 5.10 Å². The molecule has 0 radical (unpaired) electrons. The Bertz CT molecular complexity index is 953. The highest BCUT2D eigenvalue weighted by Crippen LogP contribution is 2.28. The third-order valence-corrected chi connectivity index (χ3v) is 4.92. The lowest BCUT2D eigenvalue weighted by Crippen LogP contribution is -2.17. The van der Waals surface area contributed by atoms with Gasteiger partial charge in [0, 0.05) is 11.3 Å². The van der Waals surface area contributed by atoms with E-state index in [-0.39, 0.29) is 5.91 Å². The largest absolute Gasteiger partial charge is 0.497 e. The molecule has 0 aliphatic carbocycles. The normalized spacial score (nSPS) is 10.8. The van der Waals surface area contributed by atoms with Crippen LogP contribution < -0.4 is 15.5 Å². The number of halogens is 1. The second-order valence-electron chi connectivity index (χ2n) is 5.59. The number of amides is 1. The number of benzene rings is 2. The number of ether oxygens (including phenoxy) is 1. The van der Waals surface area contributed by atoms with E-state index in [1.165, 1.54) is 23.1 Å². The van der Waals surface area contributed by atoms with Crippen molar-refractivity contribution in [2.24, 2.45) is 5.10 Å². The summed E-state index contributed by atoms with van der Waals surface area (Å²) < 4.78 is 5.06. The molecule has 2 aromatic carbocycles. The van der Waals surface area contributed by atoms with E-state index in [1.54, 1.807) is 31.4 Å². The summed E-state index contributed by atoms with van der Waals surface area (Å²) in [5.74, 6) is 0.354. The number of carbonyl (C=O) groups is 1. The first-order valence-electron chi connectivity index (χ1n) is 8.02. The summed E-state index contributed by atoms with van der Waals surface area (Å²) in [5.41, 5.74) is 5.04. The molecule has 0 atom stereocenters. The Kier molecular flexibility index (Phi) is 6.05. The van der Waals surface area contributed by atoms with E-state index < -0.39 is 0 Å². The number of methoxy groups -OCH3 is 1. The lowest BCUT2D eigenvalue weighted by atomic mass is 10.2. The van der Waals surface area contributed by atoms with Crippen molar-refractivity contribution < 1.29 is 9.53 Å². The van der Waals surface area contributed by atoms with Crippen molar-refractivity contribution in [3.63, 3.8) is 0 Å². The average molecular weight is 401 g/mol. The smallest absolute Gasteiger partial charge is 0.271 e. The van der Waals surface area contributed by atoms with E-state index in [4.69, 9.17) is 16.3 Å². The molecule has 0 unspecified atom stereocenters. The van der Waals surface area contributed by atoms with Crippen molar-refractivity contribution in [3.8, 4) is 5.75 Å². The van der Waals surface area contributed by atoms with Crippen molar-refractivity contribution in [3.05, 3.63) is 69.7 Å². The van der Waals surface area contributed by atoms with Gasteiger partial charge in [-0.3, -0.25) is 4.79 Å². The fourth-order valence-corrected chi connectivity index (χ4v) is 3.21. The van der Waals surface area contributed by atoms with Gasteiger partial charge in [0.1, 0.15) is 5.75 Å². The summed E-state index contributed by atoms with van der Waals surface area (Å²) in [7, 11) is 1.57. The minimum atomic E-state index is -0.326. The van der Waals surface area contributed by atoms with Gasteiger partial charge in [0.05, 0.1) is 18.2 Å². The van der Waals surface area contributed by atoms with Gasteiger partial charge >= 0.3 is 0 Å². The molecule has 3 aromatic rings. The maximum Gasteiger partial charge on any atom is 0.271 e. The lowest BCUT2D eigenvalue weighted by molar-refractivity contribution is 0.0955. The van der Waals surface area contributed by atoms with E-state index in [0.717, 1.165) is 5.69 Å². The number of hydrazone groups is 1. The van der Waals surface area contributed by atoms with Crippen LogP contribution in [0.25, 0.3) is 0 Å². The van der Waals surface area contributed by atoms with Crippen LogP contribution in [0, 0.1) is 6.92 Å². The number of nitrogens with one attached hydrogen (secondary N) is 2. The van der Waals surface area contributed by atoms with Crippen LogP contribution in [0.3, 0.4) is 0 Å². The molecule has 0 spiro atoms. The Hall–Kier alpha value is -2.90. The van der Waals surface area contributed by atoms with Crippen molar-refractivity contribution in [1.29, 1.82) is 0 Å². The van der Waals surface area contributed by atoms with Crippen LogP contribution in [0.5, 0.6) is 5.75 Å². The van der Waals surface area contributed by atoms with Gasteiger partial charge in [-0.1, -0.05) is 40.6 Å². The summed E-state index contributed by atoms with van der Waals surface area (Å²) in [4.78, 5) is 17.0. The molecule has 8 heteroatoms. The molecule has 3 rings (SSSR count). The second kappa shape index (κ2) is 8.66. The Morgan fingerprint density at radius 3 is 2.56 bits per heavy atom. The third-order valence-electron chi connectivity index (χ3n) is 3.61. The highest BCUT2D eigenvalue weighted by atomic mass is 35.5. The molecule has 138 valence electrons. The van der Waals surface area contributed by atoms with E-state index in [1.807, 2.05) is 31.2 Å². The van der Waals surface area contributed by atoms with Gasteiger partial charge in [0.15, 0.2) is 10.3 Å². The van der Waals surface area contributed by atoms with E-state index in [0.29, 0.717) is 26.5 Å². The molecule has 1 amide bonds. The minimum absolute atomic E-state index is 0.317. The second-order valence-corrected chi connectivity index (χ2v) is 6.98. The van der Waals surface area contributed by atoms with E-state index in [9.17, 15) is 4.79 Å². The zero-order valence-corrected chi connectivity index (χ0v) is 16.3. The van der Waals surface area contributed by atoms with Crippen LogP contribution >= 0.6 is 22.9 Å². The quantitative estimate of drug-likeness (QED) is 0.467. The summed E-state index contributed by atoms with van der Waals surface area (Å²) >= 11 is 7.48. The van der Waals surface area contributed by atoms with Crippen molar-refractivity contribution in [2.75, 3.05) is 12.4 Å². The number of carbonyl (C=O) groups excluding carboxylic acids is 1. The SMILES string of the molecule is COc1ccc(C(=O)N/N=C/c2sc(Nc3ccc(C)cc3)nc2Cl)cc1. The first-order valence-corrected chi connectivity index (χ1v) is 9.22. The van der Waals surface area contributed by atoms with Crippen LogP contribution in [0.1, 0.15) is 20.8 Å². The lowest BCUT2D eigenvalue weighted by Gasteiger charge is -2.02. The number of aryl methyl sites for hydroxylation is 1. The van der Waals surface area contributed by atoms with Gasteiger partial charge < -0.3 is 10.1 Å². The van der Waals surface area contributed by atoms with Crippen molar-refractivity contribution in [1.82, 2.24) is 10.4 Å². The summed E-state index contributed by atoms with van der Waals surface area (Å²) in [6.07, 6.45) is 1.47. The van der Waals surface area contributed by atoms with Crippen LogP contribution in [0.4, 0.5) is 10.8 Å². The Morgan fingerprint density at radius 2 is 1.89 bits per heavy atom. The number of anilines is 2. The molecule has 2 N–H and O–H groups in total. The molecule has 27 heavy (non-hydrogen) atoms. The number of hydrogen-bond donors (Lipinski definition) is 2. The first kappa shape index (κ1) is 18.9. The summed E-state index contributed by atoms with van der Waals surface area (Å²) in [6.45, 7) is 2.03. The number of rotatable bonds is 6. The molecule has 0 aliphatic rings. The van der Waals surface area contributed by atoms with Crippen molar-refractivity contribution >= 4 is 45.9 Å². The fraction of sp³-hybridized carbons (Fsp3) is 0.105. The number of thiazole rings is 1. The predicted molar refractivity (Wildman–Crippen MR) is 110 cm³/mol. The van der Waals surface area contributed by atoms with Crippen LogP contribution in [-0.2, 0) is 0 Å². The molecule has 0 aliphatic heterocycles. The van der Waals surface area contributed by atoms with E-state index in [2.05, 4.69) is 20.8 Å². The standard InChI is InChI=1S/C19H17ClN4O2S/c1-12-3-7-14(8-4-12)22-19-23-17(20)16(27-19)11-21-24-18(25)13-5-9-15(26-2)10-6-13/h3-11H,1-2H3,(H,22,23)(H,24,25)/b21-11+. The Labute approximate surface area is 165 Å². The van der Waals surface area contributed by atoms with Crippen LogP contribution in [0.15, 0.2) is 53.6 Å². The first-order chi connectivity index (χ1) is 13.0. The Balaban J connectivity index is 1.62. The maximum atomic E-state index is 12.1. The summed E-state index contributed by atoms with van der Waals surface area (Å²) in [5, 5.41) is 8.11. The predicted octanol–water partition coefficient (Wildman–Crippen LogP) is 4.62. The van der Waals surface area contributed by atoms with Gasteiger partial charge in [-0.15, -0.1) is 0 Å². The topological polar surface area (TPSA) is 75.6 Å². The van der Waals surface area contributed by atoms with E-state index >= 15 is 0 Å². The summed E-state index contributed by atoms with van der Waals surface area (Å²) in [6, 6.07) is 14.7. The molecule has 0 saturated carbocycles. The molecule has 0 saturated heterocycles. The fourth-order valence-electron chi connectivity index (χ4n) is 2.16. The minimum Gasteiger partial charge on any atom is -0.497 e. The molecule has 1 aromatic heterocycles. The monoisotopic (exact) mass is 400 g/mol. The molecular formula is C19H17ClN4O2S. The number of aromatic nitrogens is 1.